The van der Waals surface area contributed by atoms with E-state index in [1.165, 1.54) is 11.6 Å². The number of nitrogens with one attached hydrogen (secondary N) is 1. The molecular formula is C19H20FN3O4. The van der Waals surface area contributed by atoms with Gasteiger partial charge in [-0.2, -0.15) is 4.39 Å². The highest BCUT2D eigenvalue weighted by atomic mass is 19.1. The number of carbonyl (C=O) groups is 1. The summed E-state index contributed by atoms with van der Waals surface area (Å²) in [5, 5.41) is 13.4. The van der Waals surface area contributed by atoms with Crippen molar-refractivity contribution in [3.8, 4) is 0 Å². The minimum Gasteiger partial charge on any atom is -0.375 e. The molecule has 0 spiro atoms. The Labute approximate surface area is 155 Å². The van der Waals surface area contributed by atoms with E-state index in [0.717, 1.165) is 25.2 Å². The topological polar surface area (TPSA) is 84.7 Å². The van der Waals surface area contributed by atoms with Gasteiger partial charge in [-0.15, -0.1) is 0 Å². The van der Waals surface area contributed by atoms with E-state index in [9.17, 15) is 19.3 Å². The van der Waals surface area contributed by atoms with E-state index in [4.69, 9.17) is 4.74 Å². The van der Waals surface area contributed by atoms with Crippen LogP contribution in [0.3, 0.4) is 0 Å². The van der Waals surface area contributed by atoms with E-state index in [2.05, 4.69) is 22.3 Å². The molecule has 142 valence electrons. The zero-order valence-corrected chi connectivity index (χ0v) is 14.6. The van der Waals surface area contributed by atoms with Crippen LogP contribution >= 0.6 is 0 Å². The molecule has 3 rings (SSSR count). The highest BCUT2D eigenvalue weighted by molar-refractivity contribution is 5.91. The van der Waals surface area contributed by atoms with Gasteiger partial charge in [0.25, 0.3) is 0 Å². The fraction of sp³-hybridized carbons (Fsp3) is 0.316. The van der Waals surface area contributed by atoms with Gasteiger partial charge in [-0.25, -0.2) is 0 Å². The molecule has 27 heavy (non-hydrogen) atoms. The van der Waals surface area contributed by atoms with Gasteiger partial charge in [-0.05, 0) is 17.7 Å². The average Bonchev–Trinajstić information content (AvgIpc) is 2.64. The molecule has 2 aromatic rings. The highest BCUT2D eigenvalue weighted by Crippen LogP contribution is 2.22. The van der Waals surface area contributed by atoms with Crippen LogP contribution in [-0.2, 0) is 16.1 Å². The molecule has 0 saturated carbocycles. The van der Waals surface area contributed by atoms with Gasteiger partial charge in [0.2, 0.25) is 11.7 Å². The van der Waals surface area contributed by atoms with Crippen LogP contribution in [0, 0.1) is 15.9 Å². The number of rotatable bonds is 6. The van der Waals surface area contributed by atoms with Crippen molar-refractivity contribution in [2.75, 3.05) is 25.0 Å². The maximum absolute atomic E-state index is 13.4. The summed E-state index contributed by atoms with van der Waals surface area (Å²) >= 11 is 0. The predicted molar refractivity (Wildman–Crippen MR) is 97.8 cm³/mol. The van der Waals surface area contributed by atoms with Crippen LogP contribution in [0.25, 0.3) is 0 Å². The summed E-state index contributed by atoms with van der Waals surface area (Å²) in [4.78, 5) is 24.4. The predicted octanol–water partition coefficient (Wildman–Crippen LogP) is 2.96. The van der Waals surface area contributed by atoms with Gasteiger partial charge in [-0.3, -0.25) is 19.8 Å². The molecule has 0 radical (unpaired) electrons. The zero-order chi connectivity index (χ0) is 19.2. The molecule has 1 amide bonds. The summed E-state index contributed by atoms with van der Waals surface area (Å²) < 4.78 is 19.0. The fourth-order valence-corrected chi connectivity index (χ4v) is 3.04. The number of amides is 1. The Morgan fingerprint density at radius 1 is 1.30 bits per heavy atom. The third-order valence-corrected chi connectivity index (χ3v) is 4.31. The minimum absolute atomic E-state index is 0.121. The molecule has 0 bridgehead atoms. The maximum Gasteiger partial charge on any atom is 0.306 e. The van der Waals surface area contributed by atoms with Gasteiger partial charge in [0.15, 0.2) is 0 Å². The largest absolute Gasteiger partial charge is 0.375 e. The molecule has 1 fully saturated rings. The third-order valence-electron chi connectivity index (χ3n) is 4.31. The van der Waals surface area contributed by atoms with Gasteiger partial charge in [0.05, 0.1) is 24.1 Å². The Morgan fingerprint density at radius 2 is 2.07 bits per heavy atom. The fourth-order valence-electron chi connectivity index (χ4n) is 3.04. The van der Waals surface area contributed by atoms with Gasteiger partial charge < -0.3 is 10.1 Å². The van der Waals surface area contributed by atoms with Gasteiger partial charge in [0, 0.05) is 31.4 Å². The van der Waals surface area contributed by atoms with E-state index in [1.54, 1.807) is 0 Å². The first-order valence-corrected chi connectivity index (χ1v) is 8.63. The van der Waals surface area contributed by atoms with Crippen LogP contribution in [0.4, 0.5) is 15.8 Å². The van der Waals surface area contributed by atoms with Crippen molar-refractivity contribution in [1.29, 1.82) is 0 Å². The van der Waals surface area contributed by atoms with Crippen LogP contribution in [0.5, 0.6) is 0 Å². The minimum atomic E-state index is -0.940. The molecule has 7 nitrogen and oxygen atoms in total. The van der Waals surface area contributed by atoms with E-state index in [1.807, 2.05) is 18.2 Å². The third kappa shape index (κ3) is 5.32. The van der Waals surface area contributed by atoms with Crippen molar-refractivity contribution >= 4 is 17.3 Å². The number of halogens is 1. The maximum atomic E-state index is 13.4. The Morgan fingerprint density at radius 3 is 2.81 bits per heavy atom. The second-order valence-electron chi connectivity index (χ2n) is 6.39. The number of benzene rings is 2. The first kappa shape index (κ1) is 18.9. The molecule has 1 N–H and O–H groups in total. The molecule has 1 aliphatic heterocycles. The number of hydrogen-bond donors (Lipinski definition) is 1. The van der Waals surface area contributed by atoms with Crippen molar-refractivity contribution in [2.24, 2.45) is 0 Å². The Balaban J connectivity index is 1.54. The Hall–Kier alpha value is -2.84. The molecule has 8 heteroatoms. The van der Waals surface area contributed by atoms with Crippen LogP contribution in [0.1, 0.15) is 12.0 Å². The first-order valence-electron chi connectivity index (χ1n) is 8.63. The number of carbonyl (C=O) groups excluding carboxylic acids is 1. The smallest absolute Gasteiger partial charge is 0.306 e. The SMILES string of the molecule is O=C(CC1CN(Cc2ccccc2)CCO1)Nc1ccc(F)c([N+](=O)[O-])c1. The van der Waals surface area contributed by atoms with E-state index < -0.39 is 16.4 Å². The number of nitro groups is 1. The quantitative estimate of drug-likeness (QED) is 0.622. The summed E-state index contributed by atoms with van der Waals surface area (Å²) in [6.07, 6.45) is -0.144. The van der Waals surface area contributed by atoms with Crippen molar-refractivity contribution in [2.45, 2.75) is 19.1 Å². The number of nitrogens with zero attached hydrogens (tertiary/aromatic N) is 2. The molecule has 2 aromatic carbocycles. The monoisotopic (exact) mass is 373 g/mol. The number of morpholine rings is 1. The number of anilines is 1. The van der Waals surface area contributed by atoms with Gasteiger partial charge in [-0.1, -0.05) is 30.3 Å². The lowest BCUT2D eigenvalue weighted by atomic mass is 10.1. The van der Waals surface area contributed by atoms with Crippen LogP contribution in [-0.4, -0.2) is 41.5 Å². The summed E-state index contributed by atoms with van der Waals surface area (Å²) in [6.45, 7) is 2.72. The lowest BCUT2D eigenvalue weighted by Crippen LogP contribution is -2.43. The lowest BCUT2D eigenvalue weighted by Gasteiger charge is -2.32. The van der Waals surface area contributed by atoms with E-state index >= 15 is 0 Å². The summed E-state index contributed by atoms with van der Waals surface area (Å²) in [5.41, 5.74) is 0.710. The lowest BCUT2D eigenvalue weighted by molar-refractivity contribution is -0.387. The number of ether oxygens (including phenoxy) is 1. The van der Waals surface area contributed by atoms with E-state index in [0.29, 0.717) is 13.2 Å². The standard InChI is InChI=1S/C19H20FN3O4/c20-17-7-6-15(10-18(17)23(25)26)21-19(24)11-16-13-22(8-9-27-16)12-14-4-2-1-3-5-14/h1-7,10,16H,8-9,11-13H2,(H,21,24). The van der Waals surface area contributed by atoms with Crippen LogP contribution in [0.15, 0.2) is 48.5 Å². The second kappa shape index (κ2) is 8.70. The zero-order valence-electron chi connectivity index (χ0n) is 14.6. The normalized spacial score (nSPS) is 17.4. The first-order chi connectivity index (χ1) is 13.0. The van der Waals surface area contributed by atoms with Crippen molar-refractivity contribution in [3.63, 3.8) is 0 Å². The molecule has 1 saturated heterocycles. The molecule has 1 unspecified atom stereocenters. The molecule has 0 aliphatic carbocycles. The molecule has 1 aliphatic rings. The van der Waals surface area contributed by atoms with Crippen molar-refractivity contribution in [1.82, 2.24) is 4.90 Å². The second-order valence-corrected chi connectivity index (χ2v) is 6.39. The average molecular weight is 373 g/mol. The summed E-state index contributed by atoms with van der Waals surface area (Å²) in [7, 11) is 0. The van der Waals surface area contributed by atoms with Crippen molar-refractivity contribution < 1.29 is 18.8 Å². The van der Waals surface area contributed by atoms with Crippen molar-refractivity contribution in [3.05, 3.63) is 70.0 Å². The highest BCUT2D eigenvalue weighted by Gasteiger charge is 2.23. The summed E-state index contributed by atoms with van der Waals surface area (Å²) in [6, 6.07) is 13.3. The number of hydrogen-bond acceptors (Lipinski definition) is 5. The summed E-state index contributed by atoms with van der Waals surface area (Å²) in [5.74, 6) is -1.27. The Bertz CT molecular complexity index is 816. The molecule has 1 heterocycles. The van der Waals surface area contributed by atoms with Crippen LogP contribution in [0.2, 0.25) is 0 Å². The van der Waals surface area contributed by atoms with Gasteiger partial charge in [0.1, 0.15) is 0 Å². The molecule has 0 aromatic heterocycles. The number of nitro benzene ring substituents is 1. The molecule has 1 atom stereocenters. The Kier molecular flexibility index (Phi) is 6.10. The van der Waals surface area contributed by atoms with Gasteiger partial charge >= 0.3 is 5.69 Å². The van der Waals surface area contributed by atoms with E-state index in [-0.39, 0.29) is 24.1 Å². The molecular weight excluding hydrogens is 353 g/mol. The van der Waals surface area contributed by atoms with Crippen LogP contribution < -0.4 is 5.32 Å².